The fourth-order valence-corrected chi connectivity index (χ4v) is 2.01. The molecule has 2 aromatic carbocycles. The van der Waals surface area contributed by atoms with Crippen molar-refractivity contribution >= 4 is 17.3 Å². The first-order chi connectivity index (χ1) is 9.78. The lowest BCUT2D eigenvalue weighted by Gasteiger charge is -2.07. The van der Waals surface area contributed by atoms with Crippen LogP contribution in [0.5, 0.6) is 5.75 Å². The van der Waals surface area contributed by atoms with Gasteiger partial charge in [0.2, 0.25) is 0 Å². The zero-order chi connectivity index (χ0) is 13.9. The summed E-state index contributed by atoms with van der Waals surface area (Å²) < 4.78 is 24.5. The molecule has 0 N–H and O–H groups in total. The van der Waals surface area contributed by atoms with E-state index in [4.69, 9.17) is 9.15 Å². The standard InChI is InChI=1S/C16H11FO3/c17-14-5-2-1-4-11(14)10-19-15-6-3-7-16-13(15)8-12(9-18)20-16/h1-9H,10H2. The molecule has 0 bridgehead atoms. The molecule has 0 unspecified atom stereocenters. The third-order valence-corrected chi connectivity index (χ3v) is 3.00. The monoisotopic (exact) mass is 270 g/mol. The third kappa shape index (κ3) is 2.28. The Morgan fingerprint density at radius 3 is 2.80 bits per heavy atom. The molecule has 0 saturated carbocycles. The van der Waals surface area contributed by atoms with Crippen molar-refractivity contribution in [3.8, 4) is 5.75 Å². The van der Waals surface area contributed by atoms with Crippen LogP contribution in [0.4, 0.5) is 4.39 Å². The van der Waals surface area contributed by atoms with Gasteiger partial charge in [-0.2, -0.15) is 0 Å². The number of rotatable bonds is 4. The van der Waals surface area contributed by atoms with Crippen LogP contribution in [0.15, 0.2) is 52.9 Å². The molecule has 0 fully saturated rings. The minimum Gasteiger partial charge on any atom is -0.488 e. The highest BCUT2D eigenvalue weighted by atomic mass is 19.1. The fourth-order valence-electron chi connectivity index (χ4n) is 2.01. The van der Waals surface area contributed by atoms with Crippen LogP contribution in [-0.2, 0) is 6.61 Å². The summed E-state index contributed by atoms with van der Waals surface area (Å²) in [6.07, 6.45) is 0.640. The van der Waals surface area contributed by atoms with Crippen molar-refractivity contribution in [3.63, 3.8) is 0 Å². The Bertz CT molecular complexity index is 761. The summed E-state index contributed by atoms with van der Waals surface area (Å²) in [5, 5.41) is 0.700. The average Bonchev–Trinajstić information content (AvgIpc) is 2.90. The molecule has 100 valence electrons. The first kappa shape index (κ1) is 12.4. The quantitative estimate of drug-likeness (QED) is 0.673. The van der Waals surface area contributed by atoms with Crippen LogP contribution in [-0.4, -0.2) is 6.29 Å². The van der Waals surface area contributed by atoms with Crippen LogP contribution in [0.3, 0.4) is 0 Å². The number of hydrogen-bond acceptors (Lipinski definition) is 3. The van der Waals surface area contributed by atoms with E-state index in [0.717, 1.165) is 0 Å². The second kappa shape index (κ2) is 5.17. The number of carbonyl (C=O) groups excluding carboxylic acids is 1. The third-order valence-electron chi connectivity index (χ3n) is 3.00. The minimum absolute atomic E-state index is 0.118. The Balaban J connectivity index is 1.89. The van der Waals surface area contributed by atoms with Gasteiger partial charge in [-0.25, -0.2) is 4.39 Å². The second-order valence-electron chi connectivity index (χ2n) is 4.31. The zero-order valence-electron chi connectivity index (χ0n) is 10.5. The molecule has 4 heteroatoms. The smallest absolute Gasteiger partial charge is 0.185 e. The Morgan fingerprint density at radius 2 is 2.00 bits per heavy atom. The van der Waals surface area contributed by atoms with Gasteiger partial charge in [0.05, 0.1) is 5.39 Å². The van der Waals surface area contributed by atoms with Crippen LogP contribution in [0.25, 0.3) is 11.0 Å². The van der Waals surface area contributed by atoms with E-state index in [0.29, 0.717) is 28.6 Å². The van der Waals surface area contributed by atoms with Crippen molar-refractivity contribution in [1.29, 1.82) is 0 Å². The van der Waals surface area contributed by atoms with Crippen molar-refractivity contribution in [2.24, 2.45) is 0 Å². The number of fused-ring (bicyclic) bond motifs is 1. The highest BCUT2D eigenvalue weighted by Crippen LogP contribution is 2.28. The SMILES string of the molecule is O=Cc1cc2c(OCc3ccccc3F)cccc2o1. The molecular formula is C16H11FO3. The normalized spacial score (nSPS) is 10.7. The maximum absolute atomic E-state index is 13.5. The lowest BCUT2D eigenvalue weighted by Crippen LogP contribution is -1.98. The molecule has 0 saturated heterocycles. The average molecular weight is 270 g/mol. The molecule has 0 atom stereocenters. The lowest BCUT2D eigenvalue weighted by molar-refractivity contribution is 0.110. The van der Waals surface area contributed by atoms with E-state index >= 15 is 0 Å². The summed E-state index contributed by atoms with van der Waals surface area (Å²) in [5.74, 6) is 0.491. The number of aldehydes is 1. The highest BCUT2D eigenvalue weighted by molar-refractivity contribution is 5.89. The van der Waals surface area contributed by atoms with Gasteiger partial charge in [0.25, 0.3) is 0 Å². The Morgan fingerprint density at radius 1 is 1.15 bits per heavy atom. The first-order valence-corrected chi connectivity index (χ1v) is 6.12. The van der Waals surface area contributed by atoms with Crippen LogP contribution in [0, 0.1) is 5.82 Å². The molecule has 0 aliphatic carbocycles. The van der Waals surface area contributed by atoms with E-state index in [1.54, 1.807) is 42.5 Å². The Kier molecular flexibility index (Phi) is 3.21. The van der Waals surface area contributed by atoms with Crippen LogP contribution in [0.2, 0.25) is 0 Å². The van der Waals surface area contributed by atoms with E-state index in [1.807, 2.05) is 0 Å². The number of furan rings is 1. The Hall–Kier alpha value is -2.62. The van der Waals surface area contributed by atoms with Crippen molar-refractivity contribution in [2.75, 3.05) is 0 Å². The molecule has 0 spiro atoms. The largest absolute Gasteiger partial charge is 0.488 e. The van der Waals surface area contributed by atoms with Crippen LogP contribution >= 0.6 is 0 Å². The lowest BCUT2D eigenvalue weighted by atomic mass is 10.2. The summed E-state index contributed by atoms with van der Waals surface area (Å²) in [5.41, 5.74) is 1.04. The number of halogens is 1. The summed E-state index contributed by atoms with van der Waals surface area (Å²) in [4.78, 5) is 10.7. The van der Waals surface area contributed by atoms with E-state index in [9.17, 15) is 9.18 Å². The zero-order valence-corrected chi connectivity index (χ0v) is 10.5. The van der Waals surface area contributed by atoms with Gasteiger partial charge in [-0.15, -0.1) is 0 Å². The summed E-state index contributed by atoms with van der Waals surface area (Å²) in [7, 11) is 0. The molecule has 0 aliphatic rings. The molecule has 0 radical (unpaired) electrons. The summed E-state index contributed by atoms with van der Waals surface area (Å²) in [6, 6.07) is 13.3. The maximum Gasteiger partial charge on any atom is 0.185 e. The summed E-state index contributed by atoms with van der Waals surface area (Å²) in [6.45, 7) is 0.118. The number of carbonyl (C=O) groups is 1. The van der Waals surface area contributed by atoms with Gasteiger partial charge in [-0.05, 0) is 24.3 Å². The van der Waals surface area contributed by atoms with E-state index in [2.05, 4.69) is 0 Å². The molecule has 3 aromatic rings. The van der Waals surface area contributed by atoms with Gasteiger partial charge in [-0.3, -0.25) is 4.79 Å². The number of benzene rings is 2. The Labute approximate surface area is 114 Å². The predicted octanol–water partition coefficient (Wildman–Crippen LogP) is 3.96. The van der Waals surface area contributed by atoms with E-state index in [1.165, 1.54) is 6.07 Å². The second-order valence-corrected chi connectivity index (χ2v) is 4.31. The van der Waals surface area contributed by atoms with Crippen LogP contribution in [0.1, 0.15) is 16.1 Å². The van der Waals surface area contributed by atoms with Crippen molar-refractivity contribution < 1.29 is 18.3 Å². The van der Waals surface area contributed by atoms with Gasteiger partial charge in [-0.1, -0.05) is 24.3 Å². The molecular weight excluding hydrogens is 259 g/mol. The molecule has 0 aliphatic heterocycles. The van der Waals surface area contributed by atoms with Gasteiger partial charge in [0.15, 0.2) is 12.0 Å². The van der Waals surface area contributed by atoms with Gasteiger partial charge in [0.1, 0.15) is 23.8 Å². The van der Waals surface area contributed by atoms with Crippen molar-refractivity contribution in [3.05, 3.63) is 65.7 Å². The molecule has 1 heterocycles. The fraction of sp³-hybridized carbons (Fsp3) is 0.0625. The molecule has 20 heavy (non-hydrogen) atoms. The topological polar surface area (TPSA) is 39.4 Å². The maximum atomic E-state index is 13.5. The van der Waals surface area contributed by atoms with Crippen molar-refractivity contribution in [1.82, 2.24) is 0 Å². The predicted molar refractivity (Wildman–Crippen MR) is 72.3 cm³/mol. The van der Waals surface area contributed by atoms with Gasteiger partial charge < -0.3 is 9.15 Å². The molecule has 3 rings (SSSR count). The molecule has 1 aromatic heterocycles. The summed E-state index contributed by atoms with van der Waals surface area (Å²) >= 11 is 0. The molecule has 0 amide bonds. The van der Waals surface area contributed by atoms with E-state index < -0.39 is 0 Å². The number of ether oxygens (including phenoxy) is 1. The highest BCUT2D eigenvalue weighted by Gasteiger charge is 2.09. The van der Waals surface area contributed by atoms with Gasteiger partial charge in [0, 0.05) is 5.56 Å². The van der Waals surface area contributed by atoms with Gasteiger partial charge >= 0.3 is 0 Å². The van der Waals surface area contributed by atoms with Crippen molar-refractivity contribution in [2.45, 2.75) is 6.61 Å². The minimum atomic E-state index is -0.305. The van der Waals surface area contributed by atoms with Crippen LogP contribution < -0.4 is 4.74 Å². The first-order valence-electron chi connectivity index (χ1n) is 6.12. The number of hydrogen-bond donors (Lipinski definition) is 0. The molecule has 3 nitrogen and oxygen atoms in total. The van der Waals surface area contributed by atoms with E-state index in [-0.39, 0.29) is 18.2 Å².